The summed E-state index contributed by atoms with van der Waals surface area (Å²) in [5, 5.41) is 9.95. The van der Waals surface area contributed by atoms with Gasteiger partial charge >= 0.3 is 0 Å². The van der Waals surface area contributed by atoms with E-state index in [4.69, 9.17) is 18.9 Å². The maximum absolute atomic E-state index is 12.5. The molecule has 0 aliphatic heterocycles. The predicted octanol–water partition coefficient (Wildman–Crippen LogP) is 3.32. The van der Waals surface area contributed by atoms with E-state index in [0.717, 1.165) is 0 Å². The number of benzene rings is 2. The summed E-state index contributed by atoms with van der Waals surface area (Å²) in [6.07, 6.45) is 2.91. The van der Waals surface area contributed by atoms with E-state index in [2.05, 4.69) is 0 Å². The molecule has 0 aliphatic carbocycles. The van der Waals surface area contributed by atoms with Crippen LogP contribution >= 0.6 is 0 Å². The number of hydrogen-bond acceptors (Lipinski definition) is 6. The van der Waals surface area contributed by atoms with Crippen LogP contribution in [0.1, 0.15) is 15.9 Å². The number of carbonyl (C=O) groups is 1. The van der Waals surface area contributed by atoms with Gasteiger partial charge in [0.25, 0.3) is 0 Å². The molecule has 0 heterocycles. The monoisotopic (exact) mass is 344 g/mol. The van der Waals surface area contributed by atoms with Gasteiger partial charge in [-0.2, -0.15) is 0 Å². The number of phenolic OH excluding ortho intramolecular Hbond substituents is 1. The molecule has 2 aromatic rings. The molecule has 0 aromatic heterocycles. The summed E-state index contributed by atoms with van der Waals surface area (Å²) in [7, 11) is 6.01. The molecule has 132 valence electrons. The molecule has 6 heteroatoms. The maximum Gasteiger partial charge on any atom is 0.193 e. The van der Waals surface area contributed by atoms with E-state index in [0.29, 0.717) is 28.6 Å². The summed E-state index contributed by atoms with van der Waals surface area (Å²) >= 11 is 0. The zero-order valence-corrected chi connectivity index (χ0v) is 14.5. The van der Waals surface area contributed by atoms with Gasteiger partial charge in [-0.15, -0.1) is 0 Å². The van der Waals surface area contributed by atoms with Crippen LogP contribution in [-0.4, -0.2) is 39.3 Å². The molecule has 0 saturated carbocycles. The molecule has 0 amide bonds. The van der Waals surface area contributed by atoms with Crippen molar-refractivity contribution in [1.82, 2.24) is 0 Å². The first kappa shape index (κ1) is 18.2. The summed E-state index contributed by atoms with van der Waals surface area (Å²) in [5.41, 5.74) is 0.726. The van der Waals surface area contributed by atoms with Crippen LogP contribution in [0.25, 0.3) is 6.08 Å². The van der Waals surface area contributed by atoms with Gasteiger partial charge in [-0.1, -0.05) is 6.07 Å². The molecule has 0 saturated heterocycles. The lowest BCUT2D eigenvalue weighted by molar-refractivity contribution is 0.104. The van der Waals surface area contributed by atoms with Crippen LogP contribution in [0, 0.1) is 0 Å². The molecule has 0 radical (unpaired) electrons. The molecule has 2 rings (SSSR count). The van der Waals surface area contributed by atoms with Crippen molar-refractivity contribution in [2.45, 2.75) is 0 Å². The topological polar surface area (TPSA) is 74.2 Å². The molecule has 0 spiro atoms. The number of ether oxygens (including phenoxy) is 4. The average Bonchev–Trinajstić information content (AvgIpc) is 2.64. The fourth-order valence-electron chi connectivity index (χ4n) is 2.37. The molecular weight excluding hydrogens is 324 g/mol. The highest BCUT2D eigenvalue weighted by Gasteiger charge is 2.15. The average molecular weight is 344 g/mol. The summed E-state index contributed by atoms with van der Waals surface area (Å²) < 4.78 is 20.9. The molecular formula is C19H20O6. The summed E-state index contributed by atoms with van der Waals surface area (Å²) in [6, 6.07) is 8.01. The molecule has 0 aliphatic rings. The Labute approximate surface area is 146 Å². The van der Waals surface area contributed by atoms with Crippen molar-refractivity contribution in [2.75, 3.05) is 28.4 Å². The molecule has 0 bridgehead atoms. The van der Waals surface area contributed by atoms with Gasteiger partial charge in [0.2, 0.25) is 0 Å². The highest BCUT2D eigenvalue weighted by atomic mass is 16.5. The Balaban J connectivity index is 2.41. The minimum Gasteiger partial charge on any atom is -0.507 e. The van der Waals surface area contributed by atoms with E-state index >= 15 is 0 Å². The number of carbonyl (C=O) groups excluding carboxylic acids is 1. The van der Waals surface area contributed by atoms with Gasteiger partial charge in [0, 0.05) is 11.6 Å². The predicted molar refractivity (Wildman–Crippen MR) is 94.1 cm³/mol. The van der Waals surface area contributed by atoms with E-state index in [1.165, 1.54) is 40.6 Å². The summed E-state index contributed by atoms with van der Waals surface area (Å²) in [4.78, 5) is 12.5. The molecule has 0 atom stereocenters. The fraction of sp³-hybridized carbons (Fsp3) is 0.211. The van der Waals surface area contributed by atoms with E-state index in [-0.39, 0.29) is 11.3 Å². The minimum absolute atomic E-state index is 0.0979. The zero-order chi connectivity index (χ0) is 18.4. The van der Waals surface area contributed by atoms with Crippen LogP contribution in [0.15, 0.2) is 36.4 Å². The summed E-state index contributed by atoms with van der Waals surface area (Å²) in [5.74, 6) is 1.31. The Morgan fingerprint density at radius 1 is 0.880 bits per heavy atom. The van der Waals surface area contributed by atoms with Crippen molar-refractivity contribution < 1.29 is 28.8 Å². The highest BCUT2D eigenvalue weighted by Crippen LogP contribution is 2.35. The van der Waals surface area contributed by atoms with Crippen LogP contribution in [0.3, 0.4) is 0 Å². The number of phenols is 1. The molecule has 2 aromatic carbocycles. The second-order valence-electron chi connectivity index (χ2n) is 5.00. The van der Waals surface area contributed by atoms with E-state index < -0.39 is 5.78 Å². The first-order valence-corrected chi connectivity index (χ1v) is 7.44. The van der Waals surface area contributed by atoms with E-state index in [1.807, 2.05) is 0 Å². The summed E-state index contributed by atoms with van der Waals surface area (Å²) in [6.45, 7) is 0. The number of rotatable bonds is 7. The lowest BCUT2D eigenvalue weighted by Crippen LogP contribution is -2.00. The highest BCUT2D eigenvalue weighted by molar-refractivity contribution is 6.10. The lowest BCUT2D eigenvalue weighted by atomic mass is 10.1. The van der Waals surface area contributed by atoms with E-state index in [9.17, 15) is 9.90 Å². The number of ketones is 1. The minimum atomic E-state index is -0.396. The van der Waals surface area contributed by atoms with E-state index in [1.54, 1.807) is 30.3 Å². The van der Waals surface area contributed by atoms with Crippen molar-refractivity contribution in [3.05, 3.63) is 47.5 Å². The number of methoxy groups -OCH3 is 4. The van der Waals surface area contributed by atoms with Gasteiger partial charge in [-0.05, 0) is 30.4 Å². The third kappa shape index (κ3) is 3.85. The van der Waals surface area contributed by atoms with Crippen LogP contribution in [0.2, 0.25) is 0 Å². The number of allylic oxidation sites excluding steroid dienone is 1. The van der Waals surface area contributed by atoms with Crippen LogP contribution in [-0.2, 0) is 0 Å². The smallest absolute Gasteiger partial charge is 0.193 e. The number of aromatic hydroxyl groups is 1. The van der Waals surface area contributed by atoms with Gasteiger partial charge in [0.05, 0.1) is 28.4 Å². The van der Waals surface area contributed by atoms with Crippen molar-refractivity contribution in [3.8, 4) is 28.7 Å². The second kappa shape index (κ2) is 8.10. The van der Waals surface area contributed by atoms with Gasteiger partial charge in [0.15, 0.2) is 17.3 Å². The SMILES string of the molecule is COc1cc(OC)c(OC)cc1/C=C/C(=O)c1c(O)cccc1OC. The molecule has 0 fully saturated rings. The van der Waals surface area contributed by atoms with Gasteiger partial charge in [0.1, 0.15) is 22.8 Å². The van der Waals surface area contributed by atoms with Crippen LogP contribution < -0.4 is 18.9 Å². The van der Waals surface area contributed by atoms with Crippen molar-refractivity contribution >= 4 is 11.9 Å². The quantitative estimate of drug-likeness (QED) is 0.613. The van der Waals surface area contributed by atoms with Gasteiger partial charge in [-0.25, -0.2) is 0 Å². The molecule has 0 unspecified atom stereocenters. The Bertz CT molecular complexity index is 795. The fourth-order valence-corrected chi connectivity index (χ4v) is 2.37. The normalized spacial score (nSPS) is 10.6. The standard InChI is InChI=1S/C19H20O6/c1-22-15-7-5-6-13(20)19(15)14(21)9-8-12-10-17(24-3)18(25-4)11-16(12)23-2/h5-11,20H,1-4H3/b9-8+. The van der Waals surface area contributed by atoms with Crippen molar-refractivity contribution in [1.29, 1.82) is 0 Å². The van der Waals surface area contributed by atoms with Crippen molar-refractivity contribution in [3.63, 3.8) is 0 Å². The number of hydrogen-bond donors (Lipinski definition) is 1. The first-order valence-electron chi connectivity index (χ1n) is 7.44. The maximum atomic E-state index is 12.5. The zero-order valence-electron chi connectivity index (χ0n) is 14.5. The molecule has 25 heavy (non-hydrogen) atoms. The Morgan fingerprint density at radius 2 is 1.48 bits per heavy atom. The Morgan fingerprint density at radius 3 is 2.08 bits per heavy atom. The Kier molecular flexibility index (Phi) is 5.89. The van der Waals surface area contributed by atoms with Crippen LogP contribution in [0.5, 0.6) is 28.7 Å². The van der Waals surface area contributed by atoms with Crippen molar-refractivity contribution in [2.24, 2.45) is 0 Å². The third-order valence-corrected chi connectivity index (χ3v) is 3.62. The first-order chi connectivity index (χ1) is 12.0. The van der Waals surface area contributed by atoms with Crippen LogP contribution in [0.4, 0.5) is 0 Å². The lowest BCUT2D eigenvalue weighted by Gasteiger charge is -2.12. The van der Waals surface area contributed by atoms with Gasteiger partial charge in [-0.3, -0.25) is 4.79 Å². The molecule has 6 nitrogen and oxygen atoms in total. The Hall–Kier alpha value is -3.15. The van der Waals surface area contributed by atoms with Gasteiger partial charge < -0.3 is 24.1 Å². The third-order valence-electron chi connectivity index (χ3n) is 3.62. The largest absolute Gasteiger partial charge is 0.507 e. The molecule has 1 N–H and O–H groups in total. The second-order valence-corrected chi connectivity index (χ2v) is 5.00.